The van der Waals surface area contributed by atoms with E-state index in [4.69, 9.17) is 9.47 Å². The first kappa shape index (κ1) is 17.0. The Morgan fingerprint density at radius 1 is 1.46 bits per heavy atom. The highest BCUT2D eigenvalue weighted by Gasteiger charge is 2.42. The van der Waals surface area contributed by atoms with Gasteiger partial charge in [-0.25, -0.2) is 4.39 Å². The SMILES string of the molecule is CN=C(NCC(C)Oc1ccccc1F)N1CCC2(CCOC2)C1. The predicted molar refractivity (Wildman–Crippen MR) is 91.9 cm³/mol. The van der Waals surface area contributed by atoms with Crippen LogP contribution in [0, 0.1) is 11.2 Å². The van der Waals surface area contributed by atoms with Crippen LogP contribution >= 0.6 is 0 Å². The Hall–Kier alpha value is -1.82. The van der Waals surface area contributed by atoms with Gasteiger partial charge in [-0.1, -0.05) is 12.1 Å². The molecule has 2 fully saturated rings. The molecule has 1 aromatic carbocycles. The Labute approximate surface area is 142 Å². The van der Waals surface area contributed by atoms with Crippen molar-refractivity contribution in [2.75, 3.05) is 39.9 Å². The minimum Gasteiger partial charge on any atom is -0.486 e. The molecule has 0 aromatic heterocycles. The number of halogens is 1. The number of ether oxygens (including phenoxy) is 2. The monoisotopic (exact) mass is 335 g/mol. The quantitative estimate of drug-likeness (QED) is 0.677. The highest BCUT2D eigenvalue weighted by Crippen LogP contribution is 2.38. The second-order valence-corrected chi connectivity index (χ2v) is 6.76. The third kappa shape index (κ3) is 3.80. The lowest BCUT2D eigenvalue weighted by molar-refractivity contribution is 0.156. The molecule has 3 rings (SSSR count). The van der Waals surface area contributed by atoms with Crippen molar-refractivity contribution in [1.82, 2.24) is 10.2 Å². The van der Waals surface area contributed by atoms with Crippen LogP contribution in [0.3, 0.4) is 0 Å². The van der Waals surface area contributed by atoms with Crippen molar-refractivity contribution in [2.45, 2.75) is 25.9 Å². The number of guanidine groups is 1. The molecule has 0 aliphatic carbocycles. The maximum Gasteiger partial charge on any atom is 0.193 e. The molecular weight excluding hydrogens is 309 g/mol. The van der Waals surface area contributed by atoms with E-state index in [-0.39, 0.29) is 17.7 Å². The van der Waals surface area contributed by atoms with Crippen LogP contribution in [0.1, 0.15) is 19.8 Å². The van der Waals surface area contributed by atoms with Crippen molar-refractivity contribution in [1.29, 1.82) is 0 Å². The molecule has 5 nitrogen and oxygen atoms in total. The number of nitrogens with one attached hydrogen (secondary N) is 1. The number of aliphatic imine (C=N–C) groups is 1. The number of rotatable bonds is 4. The van der Waals surface area contributed by atoms with Crippen molar-refractivity contribution in [3.63, 3.8) is 0 Å². The van der Waals surface area contributed by atoms with E-state index in [2.05, 4.69) is 15.2 Å². The Morgan fingerprint density at radius 3 is 3.00 bits per heavy atom. The Morgan fingerprint density at radius 2 is 2.29 bits per heavy atom. The zero-order chi connectivity index (χ0) is 17.0. The van der Waals surface area contributed by atoms with E-state index in [9.17, 15) is 4.39 Å². The molecule has 2 heterocycles. The number of para-hydroxylation sites is 1. The summed E-state index contributed by atoms with van der Waals surface area (Å²) < 4.78 is 24.9. The molecule has 2 saturated heterocycles. The van der Waals surface area contributed by atoms with Gasteiger partial charge >= 0.3 is 0 Å². The summed E-state index contributed by atoms with van der Waals surface area (Å²) in [7, 11) is 1.79. The molecule has 1 spiro atoms. The van der Waals surface area contributed by atoms with Crippen LogP contribution in [0.2, 0.25) is 0 Å². The summed E-state index contributed by atoms with van der Waals surface area (Å²) in [6, 6.07) is 6.47. The van der Waals surface area contributed by atoms with Gasteiger partial charge in [0, 0.05) is 32.2 Å². The Bertz CT molecular complexity index is 587. The van der Waals surface area contributed by atoms with Gasteiger partial charge in [-0.05, 0) is 31.9 Å². The van der Waals surface area contributed by atoms with Gasteiger partial charge in [0.25, 0.3) is 0 Å². The van der Waals surface area contributed by atoms with Crippen LogP contribution in [0.15, 0.2) is 29.3 Å². The number of hydrogen-bond donors (Lipinski definition) is 1. The third-order valence-corrected chi connectivity index (χ3v) is 4.85. The number of benzene rings is 1. The molecule has 2 aliphatic heterocycles. The minimum atomic E-state index is -0.337. The van der Waals surface area contributed by atoms with E-state index in [0.717, 1.165) is 45.1 Å². The van der Waals surface area contributed by atoms with Crippen molar-refractivity contribution in [2.24, 2.45) is 10.4 Å². The van der Waals surface area contributed by atoms with E-state index in [1.165, 1.54) is 6.07 Å². The summed E-state index contributed by atoms with van der Waals surface area (Å²) in [5, 5.41) is 3.34. The molecule has 132 valence electrons. The minimum absolute atomic E-state index is 0.162. The highest BCUT2D eigenvalue weighted by molar-refractivity contribution is 5.80. The molecule has 0 bridgehead atoms. The number of likely N-dealkylation sites (tertiary alicyclic amines) is 1. The van der Waals surface area contributed by atoms with Crippen molar-refractivity contribution < 1.29 is 13.9 Å². The van der Waals surface area contributed by atoms with Crippen LogP contribution in [0.5, 0.6) is 5.75 Å². The van der Waals surface area contributed by atoms with Gasteiger partial charge in [0.15, 0.2) is 17.5 Å². The van der Waals surface area contributed by atoms with Crippen LogP contribution in [-0.2, 0) is 4.74 Å². The largest absolute Gasteiger partial charge is 0.486 e. The van der Waals surface area contributed by atoms with Gasteiger partial charge in [0.05, 0.1) is 13.2 Å². The van der Waals surface area contributed by atoms with E-state index >= 15 is 0 Å². The van der Waals surface area contributed by atoms with Crippen molar-refractivity contribution >= 4 is 5.96 Å². The first-order valence-corrected chi connectivity index (χ1v) is 8.56. The first-order valence-electron chi connectivity index (χ1n) is 8.56. The van der Waals surface area contributed by atoms with Crippen LogP contribution in [0.4, 0.5) is 4.39 Å². The number of nitrogens with zero attached hydrogens (tertiary/aromatic N) is 2. The van der Waals surface area contributed by atoms with Crippen molar-refractivity contribution in [3.05, 3.63) is 30.1 Å². The van der Waals surface area contributed by atoms with Crippen LogP contribution in [0.25, 0.3) is 0 Å². The van der Waals surface area contributed by atoms with E-state index in [0.29, 0.717) is 12.0 Å². The van der Waals surface area contributed by atoms with Gasteiger partial charge in [-0.3, -0.25) is 4.99 Å². The molecule has 2 aliphatic rings. The fraction of sp³-hybridized carbons (Fsp3) is 0.611. The zero-order valence-electron chi connectivity index (χ0n) is 14.4. The molecule has 0 saturated carbocycles. The average molecular weight is 335 g/mol. The maximum atomic E-state index is 13.6. The lowest BCUT2D eigenvalue weighted by Crippen LogP contribution is -2.44. The Kier molecular flexibility index (Phi) is 5.23. The topological polar surface area (TPSA) is 46.1 Å². The fourth-order valence-corrected chi connectivity index (χ4v) is 3.45. The van der Waals surface area contributed by atoms with Gasteiger partial charge in [0.1, 0.15) is 6.10 Å². The predicted octanol–water partition coefficient (Wildman–Crippen LogP) is 2.28. The molecule has 0 amide bonds. The smallest absolute Gasteiger partial charge is 0.193 e. The molecule has 2 unspecified atom stereocenters. The summed E-state index contributed by atoms with van der Waals surface area (Å²) in [6.07, 6.45) is 2.12. The molecule has 24 heavy (non-hydrogen) atoms. The first-order chi connectivity index (χ1) is 11.6. The van der Waals surface area contributed by atoms with E-state index < -0.39 is 0 Å². The van der Waals surface area contributed by atoms with Crippen LogP contribution in [-0.4, -0.2) is 56.9 Å². The molecule has 6 heteroatoms. The summed E-state index contributed by atoms with van der Waals surface area (Å²) in [4.78, 5) is 6.66. The zero-order valence-corrected chi connectivity index (χ0v) is 14.4. The normalized spacial score (nSPS) is 25.3. The highest BCUT2D eigenvalue weighted by atomic mass is 19.1. The summed E-state index contributed by atoms with van der Waals surface area (Å²) in [5.74, 6) is 0.823. The van der Waals surface area contributed by atoms with Gasteiger partial charge < -0.3 is 19.7 Å². The van der Waals surface area contributed by atoms with Gasteiger partial charge in [-0.15, -0.1) is 0 Å². The summed E-state index contributed by atoms with van der Waals surface area (Å²) in [5.41, 5.74) is 0.299. The average Bonchev–Trinajstić information content (AvgIpc) is 3.21. The third-order valence-electron chi connectivity index (χ3n) is 4.85. The van der Waals surface area contributed by atoms with E-state index in [1.807, 2.05) is 6.92 Å². The second kappa shape index (κ2) is 7.38. The molecular formula is C18H26FN3O2. The van der Waals surface area contributed by atoms with E-state index in [1.54, 1.807) is 25.2 Å². The molecule has 1 N–H and O–H groups in total. The molecule has 1 aromatic rings. The standard InChI is InChI=1S/C18H26FN3O2/c1-14(24-16-6-4-3-5-15(16)19)11-21-17(20-2)22-9-7-18(12-22)8-10-23-13-18/h3-6,14H,7-13H2,1-2H3,(H,20,21). The Balaban J connectivity index is 1.50. The van der Waals surface area contributed by atoms with Crippen molar-refractivity contribution in [3.8, 4) is 5.75 Å². The second-order valence-electron chi connectivity index (χ2n) is 6.76. The van der Waals surface area contributed by atoms with Gasteiger partial charge in [0.2, 0.25) is 0 Å². The van der Waals surface area contributed by atoms with Crippen LogP contribution < -0.4 is 10.1 Å². The summed E-state index contributed by atoms with van der Waals surface area (Å²) >= 11 is 0. The fourth-order valence-electron chi connectivity index (χ4n) is 3.45. The lowest BCUT2D eigenvalue weighted by Gasteiger charge is -2.26. The number of hydrogen-bond acceptors (Lipinski definition) is 3. The molecule has 2 atom stereocenters. The maximum absolute atomic E-state index is 13.6. The summed E-state index contributed by atoms with van der Waals surface area (Å²) in [6.45, 7) is 6.19. The van der Waals surface area contributed by atoms with Gasteiger partial charge in [-0.2, -0.15) is 0 Å². The molecule has 0 radical (unpaired) electrons. The lowest BCUT2D eigenvalue weighted by atomic mass is 9.87.